The molecule has 28 heavy (non-hydrogen) atoms. The van der Waals surface area contributed by atoms with E-state index in [1.807, 2.05) is 30.3 Å². The number of nitrogens with one attached hydrogen (secondary N) is 1. The van der Waals surface area contributed by atoms with Crippen molar-refractivity contribution in [2.45, 2.75) is 32.0 Å². The third-order valence-electron chi connectivity index (χ3n) is 4.27. The largest absolute Gasteiger partial charge is 0.441 e. The SMILES string of the molecule is CC(NC(=O)CCc1ncc(-c2ccccc2)o1)c1cccc(C(F)(F)F)c1. The number of rotatable bonds is 6. The molecule has 0 radical (unpaired) electrons. The van der Waals surface area contributed by atoms with Gasteiger partial charge in [0.1, 0.15) is 0 Å². The van der Waals surface area contributed by atoms with Crippen LogP contribution in [0.1, 0.15) is 36.4 Å². The number of amides is 1. The molecule has 0 aliphatic carbocycles. The van der Waals surface area contributed by atoms with Crippen molar-refractivity contribution in [1.82, 2.24) is 10.3 Å². The molecule has 7 heteroatoms. The van der Waals surface area contributed by atoms with Gasteiger partial charge in [-0.1, -0.05) is 42.5 Å². The van der Waals surface area contributed by atoms with Crippen molar-refractivity contribution < 1.29 is 22.4 Å². The molecule has 1 unspecified atom stereocenters. The Hall–Kier alpha value is -3.09. The Labute approximate surface area is 160 Å². The van der Waals surface area contributed by atoms with Crippen molar-refractivity contribution in [3.8, 4) is 11.3 Å². The summed E-state index contributed by atoms with van der Waals surface area (Å²) in [7, 11) is 0. The Morgan fingerprint density at radius 1 is 1.14 bits per heavy atom. The summed E-state index contributed by atoms with van der Waals surface area (Å²) in [6, 6.07) is 13.9. The van der Waals surface area contributed by atoms with E-state index in [0.29, 0.717) is 23.6 Å². The lowest BCUT2D eigenvalue weighted by Crippen LogP contribution is -2.27. The third-order valence-corrected chi connectivity index (χ3v) is 4.27. The van der Waals surface area contributed by atoms with E-state index >= 15 is 0 Å². The Morgan fingerprint density at radius 3 is 2.61 bits per heavy atom. The Bertz CT molecular complexity index is 936. The van der Waals surface area contributed by atoms with Crippen molar-refractivity contribution in [2.75, 3.05) is 0 Å². The minimum Gasteiger partial charge on any atom is -0.441 e. The smallest absolute Gasteiger partial charge is 0.416 e. The van der Waals surface area contributed by atoms with Gasteiger partial charge in [0.25, 0.3) is 0 Å². The van der Waals surface area contributed by atoms with E-state index in [1.165, 1.54) is 6.07 Å². The lowest BCUT2D eigenvalue weighted by molar-refractivity contribution is -0.137. The fourth-order valence-corrected chi connectivity index (χ4v) is 2.76. The quantitative estimate of drug-likeness (QED) is 0.634. The minimum absolute atomic E-state index is 0.123. The van der Waals surface area contributed by atoms with Crippen molar-refractivity contribution in [3.63, 3.8) is 0 Å². The number of hydrogen-bond donors (Lipinski definition) is 1. The normalized spacial score (nSPS) is 12.6. The summed E-state index contributed by atoms with van der Waals surface area (Å²) in [5.74, 6) is 0.762. The Morgan fingerprint density at radius 2 is 1.89 bits per heavy atom. The molecule has 0 aliphatic rings. The number of carbonyl (C=O) groups excluding carboxylic acids is 1. The first-order valence-corrected chi connectivity index (χ1v) is 8.79. The maximum Gasteiger partial charge on any atom is 0.416 e. The molecule has 0 saturated carbocycles. The second kappa shape index (κ2) is 8.29. The van der Waals surface area contributed by atoms with Crippen LogP contribution < -0.4 is 5.32 Å². The highest BCUT2D eigenvalue weighted by Gasteiger charge is 2.30. The lowest BCUT2D eigenvalue weighted by atomic mass is 10.0. The van der Waals surface area contributed by atoms with Crippen molar-refractivity contribution in [3.05, 3.63) is 77.8 Å². The molecule has 4 nitrogen and oxygen atoms in total. The molecule has 146 valence electrons. The first-order valence-electron chi connectivity index (χ1n) is 8.79. The summed E-state index contributed by atoms with van der Waals surface area (Å²) in [4.78, 5) is 16.3. The lowest BCUT2D eigenvalue weighted by Gasteiger charge is -2.16. The first-order chi connectivity index (χ1) is 13.3. The highest BCUT2D eigenvalue weighted by molar-refractivity contribution is 5.76. The number of halogens is 3. The number of aryl methyl sites for hydroxylation is 1. The monoisotopic (exact) mass is 388 g/mol. The van der Waals surface area contributed by atoms with Crippen LogP contribution in [0.25, 0.3) is 11.3 Å². The molecule has 1 heterocycles. The number of carbonyl (C=O) groups is 1. The van der Waals surface area contributed by atoms with Crippen LogP contribution in [0.3, 0.4) is 0 Å². The van der Waals surface area contributed by atoms with Gasteiger partial charge in [-0.15, -0.1) is 0 Å². The predicted molar refractivity (Wildman–Crippen MR) is 98.3 cm³/mol. The van der Waals surface area contributed by atoms with Gasteiger partial charge in [0.05, 0.1) is 17.8 Å². The van der Waals surface area contributed by atoms with Crippen LogP contribution in [0.4, 0.5) is 13.2 Å². The fourth-order valence-electron chi connectivity index (χ4n) is 2.76. The molecular formula is C21H19F3N2O2. The van der Waals surface area contributed by atoms with E-state index in [1.54, 1.807) is 19.2 Å². The molecule has 1 N–H and O–H groups in total. The van der Waals surface area contributed by atoms with Crippen LogP contribution in [-0.2, 0) is 17.4 Å². The number of oxazole rings is 1. The van der Waals surface area contributed by atoms with Gasteiger partial charge < -0.3 is 9.73 Å². The summed E-state index contributed by atoms with van der Waals surface area (Å²) < 4.78 is 44.1. The molecule has 3 rings (SSSR count). The standard InChI is InChI=1S/C21H19F3N2O2/c1-14(16-8-5-9-17(12-16)21(22,23)24)26-19(27)10-11-20-25-13-18(28-20)15-6-3-2-4-7-15/h2-9,12-14H,10-11H2,1H3,(H,26,27). The molecule has 1 atom stereocenters. The van der Waals surface area contributed by atoms with Gasteiger partial charge in [-0.05, 0) is 24.6 Å². The molecule has 3 aromatic rings. The predicted octanol–water partition coefficient (Wildman–Crippen LogP) is 5.17. The van der Waals surface area contributed by atoms with Gasteiger partial charge in [-0.3, -0.25) is 4.79 Å². The number of hydrogen-bond acceptors (Lipinski definition) is 3. The summed E-state index contributed by atoms with van der Waals surface area (Å²) >= 11 is 0. The first kappa shape index (κ1) is 19.7. The molecule has 0 bridgehead atoms. The third kappa shape index (κ3) is 5.00. The van der Waals surface area contributed by atoms with Gasteiger partial charge in [0, 0.05) is 18.4 Å². The van der Waals surface area contributed by atoms with E-state index < -0.39 is 17.8 Å². The van der Waals surface area contributed by atoms with Crippen LogP contribution in [0.15, 0.2) is 65.2 Å². The van der Waals surface area contributed by atoms with E-state index in [9.17, 15) is 18.0 Å². The van der Waals surface area contributed by atoms with Gasteiger partial charge >= 0.3 is 6.18 Å². The average molecular weight is 388 g/mol. The number of nitrogens with zero attached hydrogens (tertiary/aromatic N) is 1. The number of aromatic nitrogens is 1. The molecule has 0 spiro atoms. The zero-order valence-corrected chi connectivity index (χ0v) is 15.2. The van der Waals surface area contributed by atoms with Crippen LogP contribution in [0.5, 0.6) is 0 Å². The highest BCUT2D eigenvalue weighted by Crippen LogP contribution is 2.30. The molecule has 1 amide bonds. The molecular weight excluding hydrogens is 369 g/mol. The summed E-state index contributed by atoms with van der Waals surface area (Å²) in [5.41, 5.74) is 0.550. The summed E-state index contributed by atoms with van der Waals surface area (Å²) in [5, 5.41) is 2.71. The second-order valence-electron chi connectivity index (χ2n) is 6.40. The van der Waals surface area contributed by atoms with Crippen molar-refractivity contribution in [1.29, 1.82) is 0 Å². The molecule has 2 aromatic carbocycles. The zero-order valence-electron chi connectivity index (χ0n) is 15.2. The molecule has 0 fully saturated rings. The van der Waals surface area contributed by atoms with Gasteiger partial charge in [0.2, 0.25) is 5.91 Å². The van der Waals surface area contributed by atoms with Gasteiger partial charge in [0.15, 0.2) is 11.7 Å². The van der Waals surface area contributed by atoms with Crippen LogP contribution in [0, 0.1) is 0 Å². The van der Waals surface area contributed by atoms with Gasteiger partial charge in [-0.2, -0.15) is 13.2 Å². The molecule has 0 saturated heterocycles. The van der Waals surface area contributed by atoms with Crippen LogP contribution >= 0.6 is 0 Å². The van der Waals surface area contributed by atoms with E-state index in [2.05, 4.69) is 10.3 Å². The Balaban J connectivity index is 1.55. The topological polar surface area (TPSA) is 55.1 Å². The molecule has 1 aromatic heterocycles. The summed E-state index contributed by atoms with van der Waals surface area (Å²) in [6.07, 6.45) is -2.39. The summed E-state index contributed by atoms with van der Waals surface area (Å²) in [6.45, 7) is 1.64. The van der Waals surface area contributed by atoms with Gasteiger partial charge in [-0.25, -0.2) is 4.98 Å². The maximum absolute atomic E-state index is 12.8. The Kier molecular flexibility index (Phi) is 5.82. The van der Waals surface area contributed by atoms with Crippen molar-refractivity contribution in [2.24, 2.45) is 0 Å². The molecule has 0 aliphatic heterocycles. The average Bonchev–Trinajstić information content (AvgIpc) is 3.15. The highest BCUT2D eigenvalue weighted by atomic mass is 19.4. The minimum atomic E-state index is -4.42. The van der Waals surface area contributed by atoms with E-state index in [0.717, 1.165) is 17.7 Å². The zero-order chi connectivity index (χ0) is 20.1. The maximum atomic E-state index is 12.8. The number of benzene rings is 2. The van der Waals surface area contributed by atoms with Crippen molar-refractivity contribution >= 4 is 5.91 Å². The van der Waals surface area contributed by atoms with E-state index in [4.69, 9.17) is 4.42 Å². The fraction of sp³-hybridized carbons (Fsp3) is 0.238. The van der Waals surface area contributed by atoms with E-state index in [-0.39, 0.29) is 12.3 Å². The number of alkyl halides is 3. The second-order valence-corrected chi connectivity index (χ2v) is 6.40. The van der Waals surface area contributed by atoms with Crippen LogP contribution in [-0.4, -0.2) is 10.9 Å². The van der Waals surface area contributed by atoms with Crippen LogP contribution in [0.2, 0.25) is 0 Å².